The number of hydrogen-bond acceptors (Lipinski definition) is 12. The van der Waals surface area contributed by atoms with Gasteiger partial charge in [0.1, 0.15) is 17.1 Å². The lowest BCUT2D eigenvalue weighted by Crippen LogP contribution is -2.70. The van der Waals surface area contributed by atoms with Crippen molar-refractivity contribution in [2.45, 2.75) is 29.3 Å². The Hall–Kier alpha value is -4.47. The molecular weight excluding hydrogens is 623 g/mol. The third-order valence-corrected chi connectivity index (χ3v) is 10.3. The minimum atomic E-state index is -1.46. The van der Waals surface area contributed by atoms with Gasteiger partial charge in [0.05, 0.1) is 11.9 Å². The van der Waals surface area contributed by atoms with Gasteiger partial charge in [-0.2, -0.15) is 5.10 Å². The summed E-state index contributed by atoms with van der Waals surface area (Å²) in [6, 6.07) is 16.3. The quantitative estimate of drug-likeness (QED) is 0.122. The van der Waals surface area contributed by atoms with E-state index in [1.54, 1.807) is 12.4 Å². The van der Waals surface area contributed by atoms with Crippen LogP contribution in [0, 0.1) is 4.91 Å². The van der Waals surface area contributed by atoms with Gasteiger partial charge in [0.2, 0.25) is 6.04 Å². The molecule has 3 atom stereocenters. The Kier molecular flexibility index (Phi) is 8.77. The first-order chi connectivity index (χ1) is 21.4. The maximum absolute atomic E-state index is 14.1. The number of hydrogen-bond donors (Lipinski definition) is 3. The lowest BCUT2D eigenvalue weighted by Gasteiger charge is -2.49. The van der Waals surface area contributed by atoms with Gasteiger partial charge in [-0.05, 0) is 16.3 Å². The molecule has 4 heterocycles. The molecule has 1 fully saturated rings. The van der Waals surface area contributed by atoms with E-state index in [0.717, 1.165) is 28.0 Å². The fourth-order valence-corrected chi connectivity index (χ4v) is 7.99. The van der Waals surface area contributed by atoms with E-state index >= 15 is 0 Å². The Bertz CT molecular complexity index is 1660. The summed E-state index contributed by atoms with van der Waals surface area (Å²) >= 11 is 3.89. The molecule has 15 heteroatoms. The second-order valence-electron chi connectivity index (χ2n) is 9.79. The number of ether oxygens (including phenoxy) is 1. The second kappa shape index (κ2) is 13.0. The maximum Gasteiger partial charge on any atom is 0.356 e. The van der Waals surface area contributed by atoms with Crippen molar-refractivity contribution in [3.63, 3.8) is 0 Å². The largest absolute Gasteiger partial charge is 0.448 e. The topological polar surface area (TPSA) is 173 Å². The van der Waals surface area contributed by atoms with E-state index in [0.29, 0.717) is 16.4 Å². The van der Waals surface area contributed by atoms with Crippen LogP contribution in [0.3, 0.4) is 0 Å². The van der Waals surface area contributed by atoms with Crippen molar-refractivity contribution in [1.29, 1.82) is 0 Å². The number of carbonyl (C=O) groups excluding carboxylic acids is 3. The van der Waals surface area contributed by atoms with Crippen molar-refractivity contribution in [2.24, 2.45) is 5.18 Å². The monoisotopic (exact) mass is 647 g/mol. The molecule has 12 nitrogen and oxygen atoms in total. The first-order valence-corrected chi connectivity index (χ1v) is 16.3. The zero-order chi connectivity index (χ0) is 30.6. The average Bonchev–Trinajstić information content (AvgIpc) is 3.74. The van der Waals surface area contributed by atoms with Gasteiger partial charge in [-0.15, -0.1) is 39.8 Å². The number of β-lactam (4-membered cyclic amide) rings is 1. The molecule has 0 bridgehead atoms. The number of amides is 2. The van der Waals surface area contributed by atoms with Gasteiger partial charge in [0.15, 0.2) is 11.2 Å². The summed E-state index contributed by atoms with van der Waals surface area (Å²) in [5, 5.41) is 13.4. The molecule has 2 aliphatic heterocycles. The van der Waals surface area contributed by atoms with Crippen LogP contribution >= 0.6 is 34.9 Å². The highest BCUT2D eigenvalue weighted by molar-refractivity contribution is 8.05. The fraction of sp³-hybridized carbons (Fsp3) is 0.207. The zero-order valence-corrected chi connectivity index (χ0v) is 25.3. The molecule has 4 aromatic rings. The van der Waals surface area contributed by atoms with E-state index in [-0.39, 0.29) is 16.5 Å². The molecule has 2 aliphatic rings. The van der Waals surface area contributed by atoms with E-state index in [9.17, 15) is 19.3 Å². The summed E-state index contributed by atoms with van der Waals surface area (Å²) < 4.78 is 6.17. The van der Waals surface area contributed by atoms with Crippen LogP contribution < -0.4 is 11.1 Å². The summed E-state index contributed by atoms with van der Waals surface area (Å²) in [7, 11) is 0. The van der Waals surface area contributed by atoms with Gasteiger partial charge in [0.25, 0.3) is 11.8 Å². The summed E-state index contributed by atoms with van der Waals surface area (Å²) in [6.45, 7) is 0. The number of nitrogen functional groups attached to an aromatic ring is 1. The predicted molar refractivity (Wildman–Crippen MR) is 168 cm³/mol. The van der Waals surface area contributed by atoms with E-state index < -0.39 is 41.3 Å². The molecule has 1 saturated heterocycles. The highest BCUT2D eigenvalue weighted by Crippen LogP contribution is 2.45. The van der Waals surface area contributed by atoms with Crippen molar-refractivity contribution in [3.05, 3.63) is 116 Å². The van der Waals surface area contributed by atoms with Crippen LogP contribution in [0.1, 0.15) is 34.5 Å². The van der Waals surface area contributed by atoms with Gasteiger partial charge in [-0.1, -0.05) is 60.7 Å². The van der Waals surface area contributed by atoms with Crippen LogP contribution in [0.15, 0.2) is 94.2 Å². The molecule has 2 amide bonds. The number of fused-ring (bicyclic) bond motifs is 1. The van der Waals surface area contributed by atoms with Crippen LogP contribution in [0.25, 0.3) is 0 Å². The Morgan fingerprint density at radius 1 is 1.16 bits per heavy atom. The number of aromatic amines is 1. The van der Waals surface area contributed by atoms with Crippen LogP contribution in [0.5, 0.6) is 0 Å². The number of thiazole rings is 1. The van der Waals surface area contributed by atoms with E-state index in [1.165, 1.54) is 33.8 Å². The van der Waals surface area contributed by atoms with Crippen molar-refractivity contribution < 1.29 is 19.1 Å². The number of nitrogens with zero attached hydrogens (tertiary/aromatic N) is 4. The van der Waals surface area contributed by atoms with Crippen LogP contribution in [0.4, 0.5) is 5.13 Å². The first-order valence-electron chi connectivity index (χ1n) is 13.4. The molecule has 2 aromatic carbocycles. The number of nitrogens with one attached hydrogen (secondary N) is 2. The van der Waals surface area contributed by atoms with Crippen molar-refractivity contribution in [3.8, 4) is 0 Å². The number of benzene rings is 2. The number of aromatic nitrogens is 3. The number of nitrogens with two attached hydrogens (primary N) is 1. The molecule has 2 aromatic heterocycles. The van der Waals surface area contributed by atoms with Crippen molar-refractivity contribution in [2.75, 3.05) is 11.5 Å². The second-order valence-corrected chi connectivity index (χ2v) is 12.9. The number of nitroso groups, excluding NO2 is 1. The molecule has 0 spiro atoms. The maximum atomic E-state index is 14.1. The van der Waals surface area contributed by atoms with Gasteiger partial charge in [-0.25, -0.2) is 9.78 Å². The van der Waals surface area contributed by atoms with Gasteiger partial charge >= 0.3 is 5.97 Å². The number of rotatable bonds is 11. The molecule has 224 valence electrons. The van der Waals surface area contributed by atoms with Crippen molar-refractivity contribution in [1.82, 2.24) is 25.4 Å². The number of thioether (sulfide) groups is 2. The minimum Gasteiger partial charge on any atom is -0.448 e. The van der Waals surface area contributed by atoms with Crippen molar-refractivity contribution >= 4 is 57.8 Å². The fourth-order valence-electron chi connectivity index (χ4n) is 4.86. The Morgan fingerprint density at radius 3 is 2.45 bits per heavy atom. The van der Waals surface area contributed by atoms with Gasteiger partial charge in [0, 0.05) is 33.6 Å². The SMILES string of the molecule is Nc1nc(C(N=O)C(=O)N[C@@H]2C(=O)N3C(C(=O)OC(c4ccccc4)c4ccccc4)=C(SCc4cn[nH]c4)CS[C@@H]23)cs1. The normalized spacial score (nSPS) is 18.4. The lowest BCUT2D eigenvalue weighted by atomic mass is 10.0. The standard InChI is InChI=1S/C29H25N7O5S3/c30-29-33-19(14-44-29)21(35-40)25(37)34-22-26(38)36-23(20(15-43-27(22)36)42-13-16-11-31-32-12-16)28(39)41-24(17-7-3-1-4-8-17)18-9-5-2-6-10-18/h1-12,14,21-22,24,27H,13,15H2,(H2,30,33)(H,31,32)(H,34,37)/t21?,22-,27+/m1/s1. The first kappa shape index (κ1) is 29.6. The van der Waals surface area contributed by atoms with Gasteiger partial charge < -0.3 is 15.8 Å². The summed E-state index contributed by atoms with van der Waals surface area (Å²) in [4.78, 5) is 58.2. The molecule has 0 saturated carbocycles. The Morgan fingerprint density at radius 2 is 1.86 bits per heavy atom. The lowest BCUT2D eigenvalue weighted by molar-refractivity contribution is -0.154. The Balaban J connectivity index is 1.27. The molecule has 6 rings (SSSR count). The van der Waals surface area contributed by atoms with E-state index in [4.69, 9.17) is 10.5 Å². The smallest absolute Gasteiger partial charge is 0.356 e. The zero-order valence-electron chi connectivity index (χ0n) is 22.9. The third kappa shape index (κ3) is 5.98. The average molecular weight is 648 g/mol. The predicted octanol–water partition coefficient (Wildman–Crippen LogP) is 4.13. The minimum absolute atomic E-state index is 0.106. The molecule has 1 unspecified atom stereocenters. The summed E-state index contributed by atoms with van der Waals surface area (Å²) in [5.41, 5.74) is 8.36. The molecule has 4 N–H and O–H groups in total. The number of carbonyl (C=O) groups is 3. The van der Waals surface area contributed by atoms with E-state index in [1.807, 2.05) is 60.7 Å². The van der Waals surface area contributed by atoms with E-state index in [2.05, 4.69) is 25.7 Å². The van der Waals surface area contributed by atoms with Crippen LogP contribution in [0.2, 0.25) is 0 Å². The van der Waals surface area contributed by atoms with Crippen LogP contribution in [-0.2, 0) is 24.9 Å². The molecule has 44 heavy (non-hydrogen) atoms. The number of esters is 1. The van der Waals surface area contributed by atoms with Gasteiger partial charge in [-0.3, -0.25) is 19.6 Å². The summed E-state index contributed by atoms with van der Waals surface area (Å²) in [6.07, 6.45) is 2.74. The Labute approximate surface area is 263 Å². The highest BCUT2D eigenvalue weighted by atomic mass is 32.2. The summed E-state index contributed by atoms with van der Waals surface area (Å²) in [5.74, 6) is -1.02. The number of anilines is 1. The third-order valence-electron chi connectivity index (χ3n) is 7.00. The molecule has 0 radical (unpaired) electrons. The number of H-pyrrole nitrogens is 1. The highest BCUT2D eigenvalue weighted by Gasteiger charge is 2.55. The van der Waals surface area contributed by atoms with Crippen LogP contribution in [-0.4, -0.2) is 55.0 Å². The molecular formula is C29H25N7O5S3. The molecule has 0 aliphatic carbocycles.